The summed E-state index contributed by atoms with van der Waals surface area (Å²) < 4.78 is 5.28. The molecule has 1 aliphatic rings. The average molecular weight is 286 g/mol. The van der Waals surface area contributed by atoms with Gasteiger partial charge in [0, 0.05) is 18.8 Å². The fourth-order valence-electron chi connectivity index (χ4n) is 1.80. The fraction of sp³-hybridized carbons (Fsp3) is 0.583. The van der Waals surface area contributed by atoms with Gasteiger partial charge in [0.25, 0.3) is 0 Å². The highest BCUT2D eigenvalue weighted by Crippen LogP contribution is 2.25. The molecule has 0 amide bonds. The quantitative estimate of drug-likeness (QED) is 0.640. The van der Waals surface area contributed by atoms with Crippen molar-refractivity contribution < 1.29 is 4.74 Å². The number of morpholine rings is 1. The first-order valence-electron chi connectivity index (χ1n) is 6.31. The lowest BCUT2D eigenvalue weighted by atomic mass is 10.1. The van der Waals surface area contributed by atoms with E-state index >= 15 is 0 Å². The van der Waals surface area contributed by atoms with E-state index in [1.807, 2.05) is 18.7 Å². The van der Waals surface area contributed by atoms with Gasteiger partial charge in [-0.05, 0) is 18.5 Å². The van der Waals surface area contributed by atoms with Gasteiger partial charge in [0.1, 0.15) is 11.6 Å². The van der Waals surface area contributed by atoms with Crippen LogP contribution in [0.1, 0.15) is 26.3 Å². The van der Waals surface area contributed by atoms with Crippen LogP contribution in [-0.2, 0) is 4.74 Å². The average Bonchev–Trinajstić information content (AvgIpc) is 2.40. The van der Waals surface area contributed by atoms with Gasteiger partial charge in [-0.25, -0.2) is 4.98 Å². The van der Waals surface area contributed by atoms with Gasteiger partial charge in [-0.1, -0.05) is 13.8 Å². The third-order valence-corrected chi connectivity index (χ3v) is 2.75. The summed E-state index contributed by atoms with van der Waals surface area (Å²) in [6, 6.07) is 0. The van der Waals surface area contributed by atoms with Gasteiger partial charge in [-0.2, -0.15) is 4.98 Å². The molecule has 0 spiro atoms. The molecule has 7 heteroatoms. The second-order valence-corrected chi connectivity index (χ2v) is 4.14. The predicted molar refractivity (Wildman–Crippen MR) is 78.3 cm³/mol. The fourth-order valence-corrected chi connectivity index (χ4v) is 1.97. The molecule has 0 aromatic carbocycles. The molecule has 1 aliphatic heterocycles. The first kappa shape index (κ1) is 15.7. The molecule has 2 rings (SSSR count). The van der Waals surface area contributed by atoms with Crippen LogP contribution in [0.3, 0.4) is 0 Å². The largest absolute Gasteiger partial charge is 0.383 e. The Kier molecular flexibility index (Phi) is 5.98. The van der Waals surface area contributed by atoms with E-state index in [4.69, 9.17) is 27.5 Å². The van der Waals surface area contributed by atoms with Gasteiger partial charge >= 0.3 is 0 Å². The third-order valence-electron chi connectivity index (χ3n) is 2.58. The van der Waals surface area contributed by atoms with E-state index < -0.39 is 0 Å². The molecule has 2 heterocycles. The van der Waals surface area contributed by atoms with Gasteiger partial charge in [0.15, 0.2) is 0 Å². The topological polar surface area (TPSA) is 88.1 Å². The van der Waals surface area contributed by atoms with Crippen molar-refractivity contribution >= 4 is 28.9 Å². The summed E-state index contributed by atoms with van der Waals surface area (Å²) in [5, 5.41) is 7.85. The monoisotopic (exact) mass is 285 g/mol. The molecule has 1 saturated heterocycles. The van der Waals surface area contributed by atoms with E-state index in [1.54, 1.807) is 6.92 Å². The molecule has 0 bridgehead atoms. The Morgan fingerprint density at radius 3 is 2.42 bits per heavy atom. The summed E-state index contributed by atoms with van der Waals surface area (Å²) in [4.78, 5) is 10.1. The van der Waals surface area contributed by atoms with Crippen molar-refractivity contribution in [3.63, 3.8) is 0 Å². The molecular weight excluding hydrogens is 266 g/mol. The molecule has 6 nitrogen and oxygen atoms in total. The minimum absolute atomic E-state index is 0.106. The SMILES string of the molecule is CC.CC(=N)c1c(N)nc(Cl)nc1N1CCOCC1. The molecular formula is C12H20ClN5O. The number of anilines is 2. The highest BCUT2D eigenvalue weighted by atomic mass is 35.5. The zero-order chi connectivity index (χ0) is 14.4. The molecule has 0 unspecified atom stereocenters. The van der Waals surface area contributed by atoms with Gasteiger partial charge in [0.05, 0.1) is 18.8 Å². The van der Waals surface area contributed by atoms with Crippen molar-refractivity contribution in [2.45, 2.75) is 20.8 Å². The Balaban J connectivity index is 0.000000861. The Morgan fingerprint density at radius 1 is 1.32 bits per heavy atom. The number of nitrogens with two attached hydrogens (primary N) is 1. The van der Waals surface area contributed by atoms with Crippen LogP contribution in [0, 0.1) is 5.41 Å². The molecule has 0 radical (unpaired) electrons. The second kappa shape index (κ2) is 7.25. The van der Waals surface area contributed by atoms with Crippen molar-refractivity contribution in [2.24, 2.45) is 0 Å². The van der Waals surface area contributed by atoms with Crippen LogP contribution >= 0.6 is 11.6 Å². The summed E-state index contributed by atoms with van der Waals surface area (Å²) in [5.74, 6) is 0.872. The van der Waals surface area contributed by atoms with E-state index in [-0.39, 0.29) is 11.1 Å². The molecule has 0 aliphatic carbocycles. The van der Waals surface area contributed by atoms with Crippen LogP contribution in [0.4, 0.5) is 11.6 Å². The first-order valence-corrected chi connectivity index (χ1v) is 6.68. The zero-order valence-electron chi connectivity index (χ0n) is 11.5. The van der Waals surface area contributed by atoms with Crippen LogP contribution in [0.15, 0.2) is 0 Å². The number of ether oxygens (including phenoxy) is 1. The molecule has 1 aromatic heterocycles. The van der Waals surface area contributed by atoms with E-state index in [9.17, 15) is 0 Å². The summed E-state index contributed by atoms with van der Waals surface area (Å²) in [6.45, 7) is 8.36. The number of halogens is 1. The number of hydrogen-bond donors (Lipinski definition) is 2. The number of nitrogen functional groups attached to an aromatic ring is 1. The summed E-state index contributed by atoms with van der Waals surface area (Å²) in [6.07, 6.45) is 0. The van der Waals surface area contributed by atoms with E-state index in [2.05, 4.69) is 9.97 Å². The van der Waals surface area contributed by atoms with Crippen molar-refractivity contribution in [1.82, 2.24) is 9.97 Å². The van der Waals surface area contributed by atoms with Crippen LogP contribution in [0.5, 0.6) is 0 Å². The summed E-state index contributed by atoms with van der Waals surface area (Å²) >= 11 is 5.82. The second-order valence-electron chi connectivity index (χ2n) is 3.80. The highest BCUT2D eigenvalue weighted by molar-refractivity contribution is 6.28. The molecule has 19 heavy (non-hydrogen) atoms. The smallest absolute Gasteiger partial charge is 0.226 e. The van der Waals surface area contributed by atoms with E-state index in [1.165, 1.54) is 0 Å². The number of aromatic nitrogens is 2. The van der Waals surface area contributed by atoms with Crippen LogP contribution in [-0.4, -0.2) is 42.0 Å². The first-order chi connectivity index (χ1) is 9.09. The molecule has 1 aromatic rings. The maximum atomic E-state index is 7.75. The van der Waals surface area contributed by atoms with Crippen molar-refractivity contribution in [1.29, 1.82) is 5.41 Å². The van der Waals surface area contributed by atoms with E-state index in [0.29, 0.717) is 43.4 Å². The highest BCUT2D eigenvalue weighted by Gasteiger charge is 2.21. The molecule has 3 N–H and O–H groups in total. The molecule has 0 saturated carbocycles. The zero-order valence-corrected chi connectivity index (χ0v) is 12.3. The van der Waals surface area contributed by atoms with Gasteiger partial charge in [0.2, 0.25) is 5.28 Å². The molecule has 1 fully saturated rings. The lowest BCUT2D eigenvalue weighted by Gasteiger charge is -2.29. The summed E-state index contributed by atoms with van der Waals surface area (Å²) in [7, 11) is 0. The lowest BCUT2D eigenvalue weighted by molar-refractivity contribution is 0.122. The minimum Gasteiger partial charge on any atom is -0.383 e. The Morgan fingerprint density at radius 2 is 1.89 bits per heavy atom. The normalized spacial score (nSPS) is 14.6. The Bertz CT molecular complexity index is 446. The lowest BCUT2D eigenvalue weighted by Crippen LogP contribution is -2.38. The number of nitrogens with zero attached hydrogens (tertiary/aromatic N) is 3. The molecule has 0 atom stereocenters. The number of hydrogen-bond acceptors (Lipinski definition) is 6. The maximum Gasteiger partial charge on any atom is 0.226 e. The van der Waals surface area contributed by atoms with Crippen molar-refractivity contribution in [3.8, 4) is 0 Å². The van der Waals surface area contributed by atoms with Crippen molar-refractivity contribution in [3.05, 3.63) is 10.8 Å². The van der Waals surface area contributed by atoms with Crippen LogP contribution in [0.25, 0.3) is 0 Å². The number of rotatable bonds is 2. The predicted octanol–water partition coefficient (Wildman–Crippen LogP) is 1.96. The third kappa shape index (κ3) is 3.78. The van der Waals surface area contributed by atoms with Gasteiger partial charge < -0.3 is 20.8 Å². The number of nitrogens with one attached hydrogen (secondary N) is 1. The van der Waals surface area contributed by atoms with Crippen LogP contribution < -0.4 is 10.6 Å². The minimum atomic E-state index is 0.106. The van der Waals surface area contributed by atoms with Crippen molar-refractivity contribution in [2.75, 3.05) is 36.9 Å². The Hall–Kier alpha value is -1.40. The summed E-state index contributed by atoms with van der Waals surface area (Å²) in [5.41, 5.74) is 6.68. The van der Waals surface area contributed by atoms with Gasteiger partial charge in [-0.15, -0.1) is 0 Å². The standard InChI is InChI=1S/C10H14ClN5O.C2H6/c1-6(12)7-8(13)14-10(11)15-9(7)16-2-4-17-5-3-16;1-2/h12H,2-5H2,1H3,(H2,13,14,15);1-2H3. The Labute approximate surface area is 118 Å². The van der Waals surface area contributed by atoms with Gasteiger partial charge in [-0.3, -0.25) is 0 Å². The molecule has 106 valence electrons. The maximum absolute atomic E-state index is 7.75. The van der Waals surface area contributed by atoms with E-state index in [0.717, 1.165) is 0 Å². The van der Waals surface area contributed by atoms with Crippen LogP contribution in [0.2, 0.25) is 5.28 Å².